The smallest absolute Gasteiger partial charge is 0.223 e. The van der Waals surface area contributed by atoms with Crippen LogP contribution in [0.1, 0.15) is 36.8 Å². The first-order valence-electron chi connectivity index (χ1n) is 11.2. The van der Waals surface area contributed by atoms with Gasteiger partial charge in [-0.15, -0.1) is 0 Å². The highest BCUT2D eigenvalue weighted by atomic mass is 35.5. The molecule has 1 aromatic heterocycles. The summed E-state index contributed by atoms with van der Waals surface area (Å²) in [5, 5.41) is 13.4. The molecular formula is C24H31ClN4O2. The van der Waals surface area contributed by atoms with Crippen molar-refractivity contribution in [1.29, 1.82) is 0 Å². The Kier molecular flexibility index (Phi) is 7.43. The van der Waals surface area contributed by atoms with E-state index >= 15 is 0 Å². The average Bonchev–Trinajstić information content (AvgIpc) is 2.80. The van der Waals surface area contributed by atoms with Gasteiger partial charge in [-0.2, -0.15) is 0 Å². The Labute approximate surface area is 189 Å². The Morgan fingerprint density at radius 2 is 1.68 bits per heavy atom. The first kappa shape index (κ1) is 22.1. The van der Waals surface area contributed by atoms with Gasteiger partial charge in [0.1, 0.15) is 5.82 Å². The first-order valence-corrected chi connectivity index (χ1v) is 11.6. The third kappa shape index (κ3) is 6.19. The van der Waals surface area contributed by atoms with Gasteiger partial charge in [0.05, 0.1) is 11.1 Å². The summed E-state index contributed by atoms with van der Waals surface area (Å²) < 4.78 is 0. The fraction of sp³-hybridized carbons (Fsp3) is 0.500. The Bertz CT molecular complexity index is 843. The fourth-order valence-electron chi connectivity index (χ4n) is 4.36. The monoisotopic (exact) mass is 442 g/mol. The van der Waals surface area contributed by atoms with E-state index in [-0.39, 0.29) is 17.9 Å². The van der Waals surface area contributed by atoms with Gasteiger partial charge in [-0.1, -0.05) is 35.9 Å². The predicted octanol–water partition coefficient (Wildman–Crippen LogP) is 3.22. The molecule has 4 rings (SSSR count). The summed E-state index contributed by atoms with van der Waals surface area (Å²) in [6, 6.07) is 12.3. The van der Waals surface area contributed by atoms with Gasteiger partial charge in [-0.05, 0) is 48.9 Å². The van der Waals surface area contributed by atoms with Gasteiger partial charge < -0.3 is 15.3 Å². The number of anilines is 1. The Morgan fingerprint density at radius 3 is 2.32 bits per heavy atom. The number of halogens is 1. The summed E-state index contributed by atoms with van der Waals surface area (Å²) in [6.07, 6.45) is 4.92. The van der Waals surface area contributed by atoms with Crippen LogP contribution < -0.4 is 10.2 Å². The van der Waals surface area contributed by atoms with Crippen LogP contribution in [0.25, 0.3) is 0 Å². The molecule has 6 nitrogen and oxygen atoms in total. The van der Waals surface area contributed by atoms with Crippen LogP contribution in [-0.2, 0) is 17.9 Å². The number of hydrogen-bond acceptors (Lipinski definition) is 5. The number of carbonyl (C=O) groups excluding carboxylic acids is 1. The molecule has 0 aliphatic carbocycles. The van der Waals surface area contributed by atoms with E-state index in [2.05, 4.69) is 44.4 Å². The highest BCUT2D eigenvalue weighted by Gasteiger charge is 2.25. The van der Waals surface area contributed by atoms with Gasteiger partial charge in [0, 0.05) is 51.4 Å². The van der Waals surface area contributed by atoms with Crippen LogP contribution in [0.15, 0.2) is 42.6 Å². The second-order valence-electron chi connectivity index (χ2n) is 8.64. The molecular weight excluding hydrogens is 412 g/mol. The third-order valence-corrected chi connectivity index (χ3v) is 6.58. The molecule has 0 spiro atoms. The topological polar surface area (TPSA) is 68.7 Å². The van der Waals surface area contributed by atoms with E-state index in [4.69, 9.17) is 11.6 Å². The van der Waals surface area contributed by atoms with Crippen LogP contribution in [0.5, 0.6) is 0 Å². The Balaban J connectivity index is 1.19. The lowest BCUT2D eigenvalue weighted by atomic mass is 9.95. The van der Waals surface area contributed by atoms with Crippen LogP contribution in [0.2, 0.25) is 5.02 Å². The summed E-state index contributed by atoms with van der Waals surface area (Å²) in [5.41, 5.74) is 2.39. The van der Waals surface area contributed by atoms with Crippen molar-refractivity contribution in [2.24, 2.45) is 5.92 Å². The van der Waals surface area contributed by atoms with E-state index in [0.717, 1.165) is 69.8 Å². The zero-order chi connectivity index (χ0) is 21.6. The molecule has 2 fully saturated rings. The minimum absolute atomic E-state index is 0.0530. The number of likely N-dealkylation sites (tertiary alicyclic amines) is 1. The largest absolute Gasteiger partial charge is 0.393 e. The maximum absolute atomic E-state index is 12.6. The molecule has 0 unspecified atom stereocenters. The molecule has 2 saturated heterocycles. The summed E-state index contributed by atoms with van der Waals surface area (Å²) in [6.45, 7) is 5.04. The summed E-state index contributed by atoms with van der Waals surface area (Å²) >= 11 is 5.91. The molecule has 2 aromatic rings. The third-order valence-electron chi connectivity index (χ3n) is 6.35. The van der Waals surface area contributed by atoms with E-state index in [1.807, 2.05) is 12.1 Å². The summed E-state index contributed by atoms with van der Waals surface area (Å²) in [7, 11) is 0. The molecule has 2 N–H and O–H groups in total. The number of nitrogens with zero attached hydrogens (tertiary/aromatic N) is 3. The number of hydrogen-bond donors (Lipinski definition) is 2. The van der Waals surface area contributed by atoms with Crippen molar-refractivity contribution in [2.75, 3.05) is 31.1 Å². The van der Waals surface area contributed by atoms with Crippen LogP contribution in [0, 0.1) is 5.92 Å². The van der Waals surface area contributed by atoms with Crippen molar-refractivity contribution < 1.29 is 9.90 Å². The number of aliphatic hydroxyl groups excluding tert-OH is 1. The van der Waals surface area contributed by atoms with Crippen molar-refractivity contribution in [3.05, 3.63) is 58.7 Å². The van der Waals surface area contributed by atoms with Crippen molar-refractivity contribution in [2.45, 2.75) is 44.9 Å². The van der Waals surface area contributed by atoms with Crippen LogP contribution in [0.3, 0.4) is 0 Å². The van der Waals surface area contributed by atoms with Gasteiger partial charge in [0.2, 0.25) is 5.91 Å². The number of amides is 1. The van der Waals surface area contributed by atoms with E-state index in [1.54, 1.807) is 6.20 Å². The molecule has 3 heterocycles. The number of nitrogens with one attached hydrogen (secondary N) is 1. The molecule has 2 aliphatic heterocycles. The quantitative estimate of drug-likeness (QED) is 0.718. The number of benzene rings is 1. The number of aromatic nitrogens is 1. The fourth-order valence-corrected chi connectivity index (χ4v) is 4.47. The SMILES string of the molecule is O=C(NCc1ccc(CN2CCC(O)CC2)cc1)C1CCN(c2ccc(Cl)cn2)CC1. The maximum atomic E-state index is 12.6. The van der Waals surface area contributed by atoms with E-state index in [1.165, 1.54) is 5.56 Å². The lowest BCUT2D eigenvalue weighted by Crippen LogP contribution is -2.40. The number of pyridine rings is 1. The minimum Gasteiger partial charge on any atom is -0.393 e. The van der Waals surface area contributed by atoms with Crippen LogP contribution >= 0.6 is 11.6 Å². The predicted molar refractivity (Wildman–Crippen MR) is 123 cm³/mol. The molecule has 1 aromatic carbocycles. The van der Waals surface area contributed by atoms with Gasteiger partial charge in [-0.3, -0.25) is 9.69 Å². The average molecular weight is 443 g/mol. The van der Waals surface area contributed by atoms with E-state index in [9.17, 15) is 9.90 Å². The molecule has 0 atom stereocenters. The molecule has 0 bridgehead atoms. The molecule has 7 heteroatoms. The number of rotatable bonds is 6. The standard InChI is InChI=1S/C24H31ClN4O2/c25-21-5-6-23(26-16-21)29-13-7-20(8-14-29)24(31)27-15-18-1-3-19(4-2-18)17-28-11-9-22(30)10-12-28/h1-6,16,20,22,30H,7-15,17H2,(H,27,31). The zero-order valence-electron chi connectivity index (χ0n) is 17.8. The first-order chi connectivity index (χ1) is 15.1. The number of aliphatic hydroxyl groups is 1. The second-order valence-corrected chi connectivity index (χ2v) is 9.07. The van der Waals surface area contributed by atoms with E-state index in [0.29, 0.717) is 11.6 Å². The Morgan fingerprint density at radius 1 is 1.00 bits per heavy atom. The van der Waals surface area contributed by atoms with Crippen LogP contribution in [-0.4, -0.2) is 53.2 Å². The normalized spacial score (nSPS) is 18.8. The van der Waals surface area contributed by atoms with Crippen molar-refractivity contribution in [1.82, 2.24) is 15.2 Å². The highest BCUT2D eigenvalue weighted by Crippen LogP contribution is 2.23. The van der Waals surface area contributed by atoms with Gasteiger partial charge in [0.15, 0.2) is 0 Å². The highest BCUT2D eigenvalue weighted by molar-refractivity contribution is 6.30. The van der Waals surface area contributed by atoms with E-state index < -0.39 is 0 Å². The van der Waals surface area contributed by atoms with Crippen molar-refractivity contribution in [3.63, 3.8) is 0 Å². The molecule has 0 saturated carbocycles. The molecule has 0 radical (unpaired) electrons. The molecule has 2 aliphatic rings. The van der Waals surface area contributed by atoms with Gasteiger partial charge >= 0.3 is 0 Å². The van der Waals surface area contributed by atoms with Crippen molar-refractivity contribution >= 4 is 23.3 Å². The Hall–Kier alpha value is -2.15. The molecule has 1 amide bonds. The minimum atomic E-state index is -0.136. The van der Waals surface area contributed by atoms with Crippen molar-refractivity contribution in [3.8, 4) is 0 Å². The zero-order valence-corrected chi connectivity index (χ0v) is 18.6. The lowest BCUT2D eigenvalue weighted by molar-refractivity contribution is -0.125. The maximum Gasteiger partial charge on any atom is 0.223 e. The number of piperidine rings is 2. The molecule has 31 heavy (non-hydrogen) atoms. The summed E-state index contributed by atoms with van der Waals surface area (Å²) in [4.78, 5) is 21.6. The molecule has 166 valence electrons. The number of carbonyl (C=O) groups is 1. The second kappa shape index (κ2) is 10.4. The van der Waals surface area contributed by atoms with Crippen LogP contribution in [0.4, 0.5) is 5.82 Å². The lowest BCUT2D eigenvalue weighted by Gasteiger charge is -2.32. The van der Waals surface area contributed by atoms with Gasteiger partial charge in [0.25, 0.3) is 0 Å². The summed E-state index contributed by atoms with van der Waals surface area (Å²) in [5.74, 6) is 1.11. The van der Waals surface area contributed by atoms with Gasteiger partial charge in [-0.25, -0.2) is 4.98 Å².